The van der Waals surface area contributed by atoms with Crippen molar-refractivity contribution in [2.45, 2.75) is 38.1 Å². The van der Waals surface area contributed by atoms with Crippen LogP contribution in [0, 0.1) is 17.0 Å². The molecule has 1 aromatic carbocycles. The minimum absolute atomic E-state index is 0.0300. The van der Waals surface area contributed by atoms with Crippen molar-refractivity contribution in [1.82, 2.24) is 0 Å². The van der Waals surface area contributed by atoms with E-state index in [0.29, 0.717) is 5.41 Å². The number of benzene rings is 1. The summed E-state index contributed by atoms with van der Waals surface area (Å²) in [6.45, 7) is 0. The molecule has 2 aliphatic carbocycles. The van der Waals surface area contributed by atoms with Crippen LogP contribution in [-0.4, -0.2) is 12.0 Å². The lowest BCUT2D eigenvalue weighted by Gasteiger charge is -2.08. The summed E-state index contributed by atoms with van der Waals surface area (Å²) in [5.41, 5.74) is 6.15. The van der Waals surface area contributed by atoms with Crippen LogP contribution in [0.3, 0.4) is 0 Å². The van der Waals surface area contributed by atoms with Crippen molar-refractivity contribution in [1.29, 1.82) is 0 Å². The molecule has 0 aromatic heterocycles. The number of aliphatic imine (C=N–C) groups is 1. The molecule has 0 radical (unpaired) electrons. The third kappa shape index (κ3) is 2.41. The first-order valence-electron chi connectivity index (χ1n) is 6.64. The SMILES string of the molecule is NC(=NC1CC12CCCC2)Nc1cc(F)ccc1F. The second-order valence-corrected chi connectivity index (χ2v) is 5.55. The van der Waals surface area contributed by atoms with Gasteiger partial charge in [0.25, 0.3) is 0 Å². The molecule has 1 atom stereocenters. The Bertz CT molecular complexity index is 521. The van der Waals surface area contributed by atoms with Crippen molar-refractivity contribution >= 4 is 11.6 Å². The number of nitrogens with two attached hydrogens (primary N) is 1. The highest BCUT2D eigenvalue weighted by Crippen LogP contribution is 2.59. The van der Waals surface area contributed by atoms with E-state index in [2.05, 4.69) is 10.3 Å². The average molecular weight is 265 g/mol. The molecule has 3 rings (SSSR count). The minimum atomic E-state index is -0.536. The fraction of sp³-hybridized carbons (Fsp3) is 0.500. The van der Waals surface area contributed by atoms with Crippen LogP contribution in [0.4, 0.5) is 14.5 Å². The molecule has 0 bridgehead atoms. The van der Waals surface area contributed by atoms with Crippen LogP contribution < -0.4 is 11.1 Å². The van der Waals surface area contributed by atoms with E-state index in [-0.39, 0.29) is 17.7 Å². The zero-order valence-corrected chi connectivity index (χ0v) is 10.6. The van der Waals surface area contributed by atoms with Crippen LogP contribution in [-0.2, 0) is 0 Å². The lowest BCUT2D eigenvalue weighted by Crippen LogP contribution is -2.24. The van der Waals surface area contributed by atoms with Crippen molar-refractivity contribution in [2.75, 3.05) is 5.32 Å². The molecule has 0 heterocycles. The fourth-order valence-electron chi connectivity index (χ4n) is 3.06. The number of guanidine groups is 1. The summed E-state index contributed by atoms with van der Waals surface area (Å²) in [7, 11) is 0. The minimum Gasteiger partial charge on any atom is -0.370 e. The van der Waals surface area contributed by atoms with Gasteiger partial charge in [0.15, 0.2) is 5.96 Å². The van der Waals surface area contributed by atoms with Crippen LogP contribution >= 0.6 is 0 Å². The monoisotopic (exact) mass is 265 g/mol. The van der Waals surface area contributed by atoms with Gasteiger partial charge in [-0.3, -0.25) is 0 Å². The number of rotatable bonds is 2. The van der Waals surface area contributed by atoms with Crippen LogP contribution in [0.25, 0.3) is 0 Å². The quantitative estimate of drug-likeness (QED) is 0.638. The molecule has 2 fully saturated rings. The van der Waals surface area contributed by atoms with Crippen LogP contribution in [0.2, 0.25) is 0 Å². The van der Waals surface area contributed by atoms with E-state index in [0.717, 1.165) is 24.6 Å². The first-order valence-corrected chi connectivity index (χ1v) is 6.64. The van der Waals surface area contributed by atoms with Gasteiger partial charge in [0, 0.05) is 6.07 Å². The molecule has 102 valence electrons. The van der Waals surface area contributed by atoms with Gasteiger partial charge in [-0.15, -0.1) is 0 Å². The molecular formula is C14H17F2N3. The van der Waals surface area contributed by atoms with Gasteiger partial charge in [-0.25, -0.2) is 13.8 Å². The van der Waals surface area contributed by atoms with Gasteiger partial charge < -0.3 is 11.1 Å². The van der Waals surface area contributed by atoms with E-state index in [9.17, 15) is 8.78 Å². The number of hydrogen-bond donors (Lipinski definition) is 2. The second kappa shape index (κ2) is 4.47. The molecule has 2 aliphatic rings. The third-order valence-corrected chi connectivity index (χ3v) is 4.23. The Morgan fingerprint density at radius 1 is 1.32 bits per heavy atom. The highest BCUT2D eigenvalue weighted by molar-refractivity contribution is 5.92. The first kappa shape index (κ1) is 12.4. The van der Waals surface area contributed by atoms with E-state index in [4.69, 9.17) is 5.73 Å². The molecule has 5 heteroatoms. The Kier molecular flexibility index (Phi) is 2.92. The maximum absolute atomic E-state index is 13.4. The summed E-state index contributed by atoms with van der Waals surface area (Å²) in [5, 5.41) is 2.64. The molecule has 0 saturated heterocycles. The van der Waals surface area contributed by atoms with Crippen LogP contribution in [0.5, 0.6) is 0 Å². The maximum atomic E-state index is 13.4. The van der Waals surface area contributed by atoms with Gasteiger partial charge >= 0.3 is 0 Å². The maximum Gasteiger partial charge on any atom is 0.193 e. The number of anilines is 1. The molecule has 3 N–H and O–H groups in total. The van der Waals surface area contributed by atoms with Crippen molar-refractivity contribution in [2.24, 2.45) is 16.1 Å². The lowest BCUT2D eigenvalue weighted by molar-refractivity contribution is 0.511. The average Bonchev–Trinajstić information content (AvgIpc) is 2.81. The van der Waals surface area contributed by atoms with E-state index in [1.165, 1.54) is 25.7 Å². The highest BCUT2D eigenvalue weighted by atomic mass is 19.1. The smallest absolute Gasteiger partial charge is 0.193 e. The predicted molar refractivity (Wildman–Crippen MR) is 70.9 cm³/mol. The fourth-order valence-corrected chi connectivity index (χ4v) is 3.06. The molecule has 1 aromatic rings. The largest absolute Gasteiger partial charge is 0.370 e. The van der Waals surface area contributed by atoms with Gasteiger partial charge in [-0.05, 0) is 36.8 Å². The molecule has 1 spiro atoms. The van der Waals surface area contributed by atoms with E-state index in [1.54, 1.807) is 0 Å². The molecule has 19 heavy (non-hydrogen) atoms. The summed E-state index contributed by atoms with van der Waals surface area (Å²) in [5.74, 6) is -0.875. The molecular weight excluding hydrogens is 248 g/mol. The second-order valence-electron chi connectivity index (χ2n) is 5.55. The van der Waals surface area contributed by atoms with Crippen molar-refractivity contribution in [3.8, 4) is 0 Å². The molecule has 3 nitrogen and oxygen atoms in total. The summed E-state index contributed by atoms with van der Waals surface area (Å²) in [6.07, 6.45) is 6.02. The lowest BCUT2D eigenvalue weighted by atomic mass is 10.1. The molecule has 1 unspecified atom stereocenters. The third-order valence-electron chi connectivity index (χ3n) is 4.23. The summed E-state index contributed by atoms with van der Waals surface area (Å²) < 4.78 is 26.5. The summed E-state index contributed by atoms with van der Waals surface area (Å²) >= 11 is 0. The van der Waals surface area contributed by atoms with Gasteiger partial charge in [0.05, 0.1) is 11.7 Å². The van der Waals surface area contributed by atoms with Gasteiger partial charge in [0.2, 0.25) is 0 Å². The van der Waals surface area contributed by atoms with E-state index in [1.807, 2.05) is 0 Å². The number of halogens is 2. The Labute approximate surface area is 110 Å². The van der Waals surface area contributed by atoms with Gasteiger partial charge in [0.1, 0.15) is 11.6 Å². The standard InChI is InChI=1S/C14H17F2N3/c15-9-3-4-10(16)11(7-9)18-13(17)19-12-8-14(12)5-1-2-6-14/h3-4,7,12H,1-2,5-6,8H2,(H3,17,18,19). The normalized spacial score (nSPS) is 24.7. The molecule has 0 aliphatic heterocycles. The van der Waals surface area contributed by atoms with Crippen LogP contribution in [0.1, 0.15) is 32.1 Å². The van der Waals surface area contributed by atoms with Crippen molar-refractivity contribution in [3.05, 3.63) is 29.8 Å². The van der Waals surface area contributed by atoms with Gasteiger partial charge in [-0.1, -0.05) is 12.8 Å². The predicted octanol–water partition coefficient (Wildman–Crippen LogP) is 3.02. The molecule has 0 amide bonds. The van der Waals surface area contributed by atoms with Crippen molar-refractivity contribution in [3.63, 3.8) is 0 Å². The van der Waals surface area contributed by atoms with E-state index >= 15 is 0 Å². The number of hydrogen-bond acceptors (Lipinski definition) is 1. The topological polar surface area (TPSA) is 50.4 Å². The first-order chi connectivity index (χ1) is 9.09. The number of nitrogens with zero attached hydrogens (tertiary/aromatic N) is 1. The highest BCUT2D eigenvalue weighted by Gasteiger charge is 2.55. The summed E-state index contributed by atoms with van der Waals surface area (Å²) in [6, 6.07) is 3.47. The number of nitrogens with one attached hydrogen (secondary N) is 1. The van der Waals surface area contributed by atoms with Crippen molar-refractivity contribution < 1.29 is 8.78 Å². The Morgan fingerprint density at radius 3 is 2.79 bits per heavy atom. The Hall–Kier alpha value is -1.65. The Balaban J connectivity index is 1.68. The van der Waals surface area contributed by atoms with Crippen LogP contribution in [0.15, 0.2) is 23.2 Å². The zero-order chi connectivity index (χ0) is 13.5. The van der Waals surface area contributed by atoms with E-state index < -0.39 is 11.6 Å². The summed E-state index contributed by atoms with van der Waals surface area (Å²) in [4.78, 5) is 4.38. The Morgan fingerprint density at radius 2 is 2.05 bits per heavy atom. The zero-order valence-electron chi connectivity index (χ0n) is 10.6. The molecule has 2 saturated carbocycles. The van der Waals surface area contributed by atoms with Gasteiger partial charge in [-0.2, -0.15) is 0 Å².